The van der Waals surface area contributed by atoms with Crippen molar-refractivity contribution < 1.29 is 13.2 Å². The fraction of sp³-hybridized carbons (Fsp3) is 0.500. The molecule has 2 aromatic rings. The molecule has 2 aliphatic heterocycles. The molecule has 0 bridgehead atoms. The van der Waals surface area contributed by atoms with Crippen molar-refractivity contribution in [3.8, 4) is 0 Å². The Morgan fingerprint density at radius 2 is 1.73 bits per heavy atom. The number of piperazine rings is 1. The van der Waals surface area contributed by atoms with Crippen molar-refractivity contribution in [3.05, 3.63) is 51.1 Å². The van der Waals surface area contributed by atoms with Crippen LogP contribution >= 0.6 is 11.3 Å². The van der Waals surface area contributed by atoms with Gasteiger partial charge < -0.3 is 9.47 Å². The van der Waals surface area contributed by atoms with Crippen molar-refractivity contribution >= 4 is 27.3 Å². The minimum absolute atomic E-state index is 0.0672. The lowest BCUT2D eigenvalue weighted by Gasteiger charge is -2.34. The molecule has 0 spiro atoms. The van der Waals surface area contributed by atoms with Gasteiger partial charge in [0.25, 0.3) is 5.56 Å². The van der Waals surface area contributed by atoms with Gasteiger partial charge in [-0.3, -0.25) is 14.5 Å². The summed E-state index contributed by atoms with van der Waals surface area (Å²) in [5.74, 6) is -0.163. The fourth-order valence-electron chi connectivity index (χ4n) is 3.89. The number of nitrogens with zero attached hydrogens (tertiary/aromatic N) is 4. The highest BCUT2D eigenvalue weighted by Crippen LogP contribution is 2.20. The smallest absolute Gasteiger partial charge is 0.251 e. The summed E-state index contributed by atoms with van der Waals surface area (Å²) in [7, 11) is -3.63. The van der Waals surface area contributed by atoms with Crippen LogP contribution in [-0.2, 0) is 27.9 Å². The maximum Gasteiger partial charge on any atom is 0.251 e. The first kappa shape index (κ1) is 21.2. The Bertz CT molecular complexity index is 1040. The molecule has 0 unspecified atom stereocenters. The molecular formula is C20H26N4O4S2. The van der Waals surface area contributed by atoms with Crippen LogP contribution in [0.5, 0.6) is 0 Å². The molecule has 0 aliphatic carbocycles. The van der Waals surface area contributed by atoms with Crippen molar-refractivity contribution in [2.24, 2.45) is 0 Å². The number of pyridine rings is 1. The number of carbonyl (C=O) groups excluding carboxylic acids is 1. The predicted octanol–water partition coefficient (Wildman–Crippen LogP) is 1.04. The highest BCUT2D eigenvalue weighted by Gasteiger charge is 2.28. The number of amides is 1. The van der Waals surface area contributed by atoms with Gasteiger partial charge in [0.05, 0.1) is 4.90 Å². The number of hydrogen-bond donors (Lipinski definition) is 0. The summed E-state index contributed by atoms with van der Waals surface area (Å²) in [6.07, 6.45) is 2.99. The molecule has 8 nitrogen and oxygen atoms in total. The first-order chi connectivity index (χ1) is 14.4. The summed E-state index contributed by atoms with van der Waals surface area (Å²) in [4.78, 5) is 30.4. The molecule has 162 valence electrons. The van der Waals surface area contributed by atoms with Crippen molar-refractivity contribution in [1.82, 2.24) is 18.7 Å². The number of aromatic nitrogens is 1. The van der Waals surface area contributed by atoms with Crippen LogP contribution in [0.1, 0.15) is 17.7 Å². The normalized spacial score (nSPS) is 18.7. The van der Waals surface area contributed by atoms with E-state index in [0.717, 1.165) is 32.5 Å². The van der Waals surface area contributed by atoms with E-state index in [1.54, 1.807) is 16.2 Å². The fourth-order valence-corrected chi connectivity index (χ4v) is 6.17. The van der Waals surface area contributed by atoms with Crippen LogP contribution in [-0.4, -0.2) is 72.3 Å². The summed E-state index contributed by atoms with van der Waals surface area (Å²) < 4.78 is 28.2. The summed E-state index contributed by atoms with van der Waals surface area (Å²) in [6.45, 7) is 4.49. The van der Waals surface area contributed by atoms with E-state index >= 15 is 0 Å². The molecule has 0 saturated carbocycles. The Hall–Kier alpha value is -2.01. The van der Waals surface area contributed by atoms with Gasteiger partial charge in [0.2, 0.25) is 15.9 Å². The van der Waals surface area contributed by atoms with Crippen LogP contribution < -0.4 is 5.56 Å². The van der Waals surface area contributed by atoms with Crippen molar-refractivity contribution in [2.75, 3.05) is 39.3 Å². The lowest BCUT2D eigenvalue weighted by atomic mass is 10.3. The number of thiophene rings is 1. The zero-order chi connectivity index (χ0) is 21.1. The van der Waals surface area contributed by atoms with Crippen LogP contribution in [0, 0.1) is 0 Å². The molecule has 1 amide bonds. The Labute approximate surface area is 180 Å². The van der Waals surface area contributed by atoms with E-state index in [2.05, 4.69) is 16.3 Å². The second kappa shape index (κ2) is 9.01. The Balaban J connectivity index is 1.39. The summed E-state index contributed by atoms with van der Waals surface area (Å²) in [5.41, 5.74) is -0.375. The second-order valence-electron chi connectivity index (χ2n) is 7.68. The highest BCUT2D eigenvalue weighted by atomic mass is 32.2. The molecule has 2 aliphatic rings. The highest BCUT2D eigenvalue weighted by molar-refractivity contribution is 7.89. The molecule has 0 radical (unpaired) electrons. The van der Waals surface area contributed by atoms with Crippen LogP contribution in [0.4, 0.5) is 0 Å². The summed E-state index contributed by atoms with van der Waals surface area (Å²) in [5, 5.41) is 2.06. The van der Waals surface area contributed by atoms with Crippen LogP contribution in [0.15, 0.2) is 45.5 Å². The third-order valence-corrected chi connectivity index (χ3v) is 8.39. The van der Waals surface area contributed by atoms with Gasteiger partial charge >= 0.3 is 0 Å². The Morgan fingerprint density at radius 3 is 2.40 bits per heavy atom. The van der Waals surface area contributed by atoms with Gasteiger partial charge in [0.15, 0.2) is 0 Å². The van der Waals surface area contributed by atoms with Gasteiger partial charge in [-0.05, 0) is 30.4 Å². The van der Waals surface area contributed by atoms with E-state index in [1.165, 1.54) is 32.1 Å². The standard InChI is InChI=1S/C20H26N4O4S2/c25-19-6-5-18(30(27,28)24-7-1-2-8-24)15-23(19)16-20(26)22-11-9-21(10-12-22)14-17-4-3-13-29-17/h3-6,13,15H,1-2,7-12,14,16H2. The molecule has 0 atom stereocenters. The van der Waals surface area contributed by atoms with E-state index in [0.29, 0.717) is 26.2 Å². The number of sulfonamides is 1. The van der Waals surface area contributed by atoms with Crippen molar-refractivity contribution in [1.29, 1.82) is 0 Å². The third-order valence-electron chi connectivity index (χ3n) is 5.65. The molecule has 0 aromatic carbocycles. The predicted molar refractivity (Wildman–Crippen MR) is 115 cm³/mol. The lowest BCUT2D eigenvalue weighted by molar-refractivity contribution is -0.133. The Kier molecular flexibility index (Phi) is 6.37. The van der Waals surface area contributed by atoms with Crippen LogP contribution in [0.2, 0.25) is 0 Å². The molecule has 30 heavy (non-hydrogen) atoms. The first-order valence-corrected chi connectivity index (χ1v) is 12.5. The third kappa shape index (κ3) is 4.66. The molecule has 4 rings (SSSR count). The first-order valence-electron chi connectivity index (χ1n) is 10.2. The maximum absolute atomic E-state index is 12.8. The quantitative estimate of drug-likeness (QED) is 0.657. The van der Waals surface area contributed by atoms with Gasteiger partial charge in [-0.15, -0.1) is 11.3 Å². The maximum atomic E-state index is 12.8. The summed E-state index contributed by atoms with van der Waals surface area (Å²) >= 11 is 1.73. The molecular weight excluding hydrogens is 424 g/mol. The van der Waals surface area contributed by atoms with Crippen LogP contribution in [0.25, 0.3) is 0 Å². The monoisotopic (exact) mass is 450 g/mol. The van der Waals surface area contributed by atoms with Gasteiger partial charge in [-0.25, -0.2) is 8.42 Å². The average Bonchev–Trinajstić information content (AvgIpc) is 3.44. The van der Waals surface area contributed by atoms with Gasteiger partial charge in [0.1, 0.15) is 6.54 Å². The second-order valence-corrected chi connectivity index (χ2v) is 10.6. The molecule has 4 heterocycles. The SMILES string of the molecule is O=C(Cn1cc(S(=O)(=O)N2CCCC2)ccc1=O)N1CCN(Cc2cccs2)CC1. The molecule has 2 saturated heterocycles. The summed E-state index contributed by atoms with van der Waals surface area (Å²) in [6, 6.07) is 6.71. The zero-order valence-corrected chi connectivity index (χ0v) is 18.4. The van der Waals surface area contributed by atoms with Gasteiger partial charge in [0, 0.05) is 63.0 Å². The molecule has 2 aromatic heterocycles. The van der Waals surface area contributed by atoms with Gasteiger partial charge in [-0.1, -0.05) is 6.07 Å². The van der Waals surface area contributed by atoms with E-state index in [9.17, 15) is 18.0 Å². The lowest BCUT2D eigenvalue weighted by Crippen LogP contribution is -2.49. The average molecular weight is 451 g/mol. The molecule has 10 heteroatoms. The molecule has 0 N–H and O–H groups in total. The van der Waals surface area contributed by atoms with E-state index < -0.39 is 10.0 Å². The zero-order valence-electron chi connectivity index (χ0n) is 16.8. The molecule has 2 fully saturated rings. The topological polar surface area (TPSA) is 82.9 Å². The number of carbonyl (C=O) groups is 1. The minimum Gasteiger partial charge on any atom is -0.339 e. The number of hydrogen-bond acceptors (Lipinski definition) is 6. The van der Waals surface area contributed by atoms with E-state index in [1.807, 2.05) is 6.07 Å². The van der Waals surface area contributed by atoms with E-state index in [4.69, 9.17) is 0 Å². The van der Waals surface area contributed by atoms with Crippen molar-refractivity contribution in [2.45, 2.75) is 30.8 Å². The number of rotatable bonds is 6. The van der Waals surface area contributed by atoms with Crippen LogP contribution in [0.3, 0.4) is 0 Å². The van der Waals surface area contributed by atoms with E-state index in [-0.39, 0.29) is 22.9 Å². The minimum atomic E-state index is -3.63. The van der Waals surface area contributed by atoms with Crippen molar-refractivity contribution in [3.63, 3.8) is 0 Å². The Morgan fingerprint density at radius 1 is 1.00 bits per heavy atom. The van der Waals surface area contributed by atoms with Gasteiger partial charge in [-0.2, -0.15) is 4.31 Å². The largest absolute Gasteiger partial charge is 0.339 e.